The first-order valence-corrected chi connectivity index (χ1v) is 10.6. The van der Waals surface area contributed by atoms with E-state index in [1.165, 1.54) is 6.42 Å². The molecular weight excluding hydrogens is 384 g/mol. The molecule has 1 aromatic carbocycles. The number of thiazole rings is 1. The van der Waals surface area contributed by atoms with Crippen LogP contribution in [0.15, 0.2) is 48.0 Å². The Kier molecular flexibility index (Phi) is 5.82. The number of anilines is 1. The van der Waals surface area contributed by atoms with Crippen molar-refractivity contribution in [1.29, 1.82) is 0 Å². The summed E-state index contributed by atoms with van der Waals surface area (Å²) in [6.07, 6.45) is 4.05. The van der Waals surface area contributed by atoms with Gasteiger partial charge in [-0.25, -0.2) is 4.98 Å². The quantitative estimate of drug-likeness (QED) is 0.647. The van der Waals surface area contributed by atoms with Gasteiger partial charge in [-0.2, -0.15) is 5.10 Å². The van der Waals surface area contributed by atoms with E-state index in [4.69, 9.17) is 10.7 Å². The van der Waals surface area contributed by atoms with Crippen LogP contribution >= 0.6 is 11.3 Å². The Balaban J connectivity index is 1.38. The molecule has 1 saturated heterocycles. The molecule has 3 heterocycles. The summed E-state index contributed by atoms with van der Waals surface area (Å²) in [6.45, 7) is 2.77. The molecule has 0 radical (unpaired) electrons. The molecule has 150 valence electrons. The topological polar surface area (TPSA) is 88.2 Å². The monoisotopic (exact) mass is 408 g/mol. The molecule has 2 N–H and O–H groups in total. The molecule has 1 atom stereocenters. The Bertz CT molecular complexity index is 959. The lowest BCUT2D eigenvalue weighted by atomic mass is 10.1. The zero-order valence-corrected chi connectivity index (χ0v) is 17.2. The van der Waals surface area contributed by atoms with Crippen LogP contribution in [-0.2, 0) is 6.54 Å². The van der Waals surface area contributed by atoms with Crippen molar-refractivity contribution in [3.05, 3.63) is 59.2 Å². The minimum atomic E-state index is -0.416. The summed E-state index contributed by atoms with van der Waals surface area (Å²) in [5, 5.41) is 11.3. The molecule has 1 unspecified atom stereocenters. The van der Waals surface area contributed by atoms with Gasteiger partial charge in [0.2, 0.25) is 5.91 Å². The lowest BCUT2D eigenvalue weighted by Gasteiger charge is -2.28. The largest absolute Gasteiger partial charge is 0.366 e. The van der Waals surface area contributed by atoms with Gasteiger partial charge in [-0.05, 0) is 44.2 Å². The van der Waals surface area contributed by atoms with E-state index in [1.807, 2.05) is 24.3 Å². The van der Waals surface area contributed by atoms with Gasteiger partial charge in [0.25, 0.3) is 0 Å². The normalized spacial score (nSPS) is 16.5. The fourth-order valence-electron chi connectivity index (χ4n) is 3.76. The number of primary amides is 1. The van der Waals surface area contributed by atoms with Crippen molar-refractivity contribution in [3.8, 4) is 10.6 Å². The molecule has 0 spiro atoms. The fraction of sp³-hybridized carbons (Fsp3) is 0.333. The predicted octanol–water partition coefficient (Wildman–Crippen LogP) is 2.80. The Labute approximate surface area is 174 Å². The third-order valence-corrected chi connectivity index (χ3v) is 6.09. The molecule has 2 aromatic heterocycles. The van der Waals surface area contributed by atoms with Gasteiger partial charge in [0.15, 0.2) is 5.82 Å². The summed E-state index contributed by atoms with van der Waals surface area (Å²) < 4.78 is 0. The maximum absolute atomic E-state index is 11.2. The van der Waals surface area contributed by atoms with E-state index in [2.05, 4.69) is 32.4 Å². The summed E-state index contributed by atoms with van der Waals surface area (Å²) in [5.74, 6) is 0.541. The number of hydrogen-bond donors (Lipinski definition) is 1. The molecule has 0 bridgehead atoms. The van der Waals surface area contributed by atoms with Crippen molar-refractivity contribution >= 4 is 23.1 Å². The van der Waals surface area contributed by atoms with Crippen LogP contribution in [-0.4, -0.2) is 52.2 Å². The van der Waals surface area contributed by atoms with Gasteiger partial charge in [-0.15, -0.1) is 16.4 Å². The molecule has 3 aromatic rings. The number of rotatable bonds is 7. The van der Waals surface area contributed by atoms with E-state index < -0.39 is 5.91 Å². The molecule has 0 saturated carbocycles. The maximum Gasteiger partial charge on any atom is 0.248 e. The second-order valence-electron chi connectivity index (χ2n) is 7.35. The van der Waals surface area contributed by atoms with Crippen LogP contribution in [0, 0.1) is 0 Å². The van der Waals surface area contributed by atoms with Gasteiger partial charge in [-0.3, -0.25) is 9.69 Å². The minimum absolute atomic E-state index is 0.416. The van der Waals surface area contributed by atoms with Crippen LogP contribution in [0.5, 0.6) is 0 Å². The average molecular weight is 409 g/mol. The molecule has 1 aliphatic rings. The molecule has 0 aliphatic carbocycles. The van der Waals surface area contributed by atoms with Gasteiger partial charge in [-0.1, -0.05) is 12.1 Å². The lowest BCUT2D eigenvalue weighted by molar-refractivity contribution is 0.100. The maximum atomic E-state index is 11.2. The number of benzene rings is 1. The molecule has 7 nitrogen and oxygen atoms in total. The second kappa shape index (κ2) is 8.67. The van der Waals surface area contributed by atoms with Gasteiger partial charge >= 0.3 is 0 Å². The Morgan fingerprint density at radius 2 is 2.14 bits per heavy atom. The molecule has 1 amide bonds. The summed E-state index contributed by atoms with van der Waals surface area (Å²) in [4.78, 5) is 20.7. The number of aromatic nitrogens is 3. The smallest absolute Gasteiger partial charge is 0.248 e. The Morgan fingerprint density at radius 3 is 2.86 bits per heavy atom. The van der Waals surface area contributed by atoms with E-state index in [9.17, 15) is 4.79 Å². The van der Waals surface area contributed by atoms with Gasteiger partial charge < -0.3 is 10.6 Å². The number of hydrogen-bond acceptors (Lipinski definition) is 7. The van der Waals surface area contributed by atoms with Crippen molar-refractivity contribution in [2.75, 3.05) is 25.0 Å². The van der Waals surface area contributed by atoms with Crippen molar-refractivity contribution in [3.63, 3.8) is 0 Å². The Hall–Kier alpha value is -2.84. The van der Waals surface area contributed by atoms with Crippen molar-refractivity contribution in [2.24, 2.45) is 5.73 Å². The van der Waals surface area contributed by atoms with Gasteiger partial charge in [0.05, 0.1) is 5.69 Å². The third kappa shape index (κ3) is 4.60. The van der Waals surface area contributed by atoms with Crippen molar-refractivity contribution in [1.82, 2.24) is 20.1 Å². The second-order valence-corrected chi connectivity index (χ2v) is 8.21. The highest BCUT2D eigenvalue weighted by atomic mass is 32.1. The summed E-state index contributed by atoms with van der Waals surface area (Å²) >= 11 is 1.62. The molecule has 1 aliphatic heterocycles. The zero-order valence-electron chi connectivity index (χ0n) is 16.4. The average Bonchev–Trinajstić information content (AvgIpc) is 3.38. The highest BCUT2D eigenvalue weighted by Gasteiger charge is 2.27. The number of nitrogens with two attached hydrogens (primary N) is 1. The van der Waals surface area contributed by atoms with Gasteiger partial charge in [0.1, 0.15) is 5.01 Å². The van der Waals surface area contributed by atoms with Crippen LogP contribution in [0.4, 0.5) is 5.82 Å². The standard InChI is InChI=1S/C21H24N6OS/c1-26(13-18-4-3-11-27(18)19-5-2-10-23-25-19)12-17-14-29-21(24-17)16-8-6-15(7-9-16)20(22)28/h2,5-10,14,18H,3-4,11-13H2,1H3,(H2,22,28). The number of likely N-dealkylation sites (N-methyl/N-ethyl adjacent to an activating group) is 1. The first-order valence-electron chi connectivity index (χ1n) is 9.67. The fourth-order valence-corrected chi connectivity index (χ4v) is 4.58. The highest BCUT2D eigenvalue weighted by molar-refractivity contribution is 7.13. The van der Waals surface area contributed by atoms with Crippen molar-refractivity contribution in [2.45, 2.75) is 25.4 Å². The Morgan fingerprint density at radius 1 is 1.31 bits per heavy atom. The van der Waals surface area contributed by atoms with E-state index in [0.29, 0.717) is 11.6 Å². The van der Waals surface area contributed by atoms with Crippen LogP contribution in [0.3, 0.4) is 0 Å². The van der Waals surface area contributed by atoms with Crippen LogP contribution < -0.4 is 10.6 Å². The number of carbonyl (C=O) groups is 1. The molecule has 4 rings (SSSR count). The summed E-state index contributed by atoms with van der Waals surface area (Å²) in [7, 11) is 2.13. The molecule has 8 heteroatoms. The third-order valence-electron chi connectivity index (χ3n) is 5.15. The SMILES string of the molecule is CN(Cc1csc(-c2ccc(C(N)=O)cc2)n1)CC1CCCN1c1cccnn1. The molecular formula is C21H24N6OS. The zero-order chi connectivity index (χ0) is 20.2. The first kappa shape index (κ1) is 19.5. The van der Waals surface area contributed by atoms with Gasteiger partial charge in [0, 0.05) is 48.4 Å². The summed E-state index contributed by atoms with van der Waals surface area (Å²) in [5.41, 5.74) is 7.87. The van der Waals surface area contributed by atoms with E-state index in [1.54, 1.807) is 29.7 Å². The highest BCUT2D eigenvalue weighted by Crippen LogP contribution is 2.26. The summed E-state index contributed by atoms with van der Waals surface area (Å²) in [6, 6.07) is 11.7. The number of carbonyl (C=O) groups excluding carboxylic acids is 1. The van der Waals surface area contributed by atoms with Crippen molar-refractivity contribution < 1.29 is 4.79 Å². The first-order chi connectivity index (χ1) is 14.1. The van der Waals surface area contributed by atoms with E-state index >= 15 is 0 Å². The van der Waals surface area contributed by atoms with E-state index in [-0.39, 0.29) is 0 Å². The lowest BCUT2D eigenvalue weighted by Crippen LogP contribution is -2.39. The van der Waals surface area contributed by atoms with E-state index in [0.717, 1.165) is 48.1 Å². The number of amides is 1. The molecule has 29 heavy (non-hydrogen) atoms. The molecule has 1 fully saturated rings. The number of nitrogens with zero attached hydrogens (tertiary/aromatic N) is 5. The van der Waals surface area contributed by atoms with Crippen LogP contribution in [0.2, 0.25) is 0 Å². The van der Waals surface area contributed by atoms with Crippen LogP contribution in [0.1, 0.15) is 28.9 Å². The minimum Gasteiger partial charge on any atom is -0.366 e. The van der Waals surface area contributed by atoms with Crippen LogP contribution in [0.25, 0.3) is 10.6 Å². The predicted molar refractivity (Wildman–Crippen MR) is 115 cm³/mol.